The largest absolute Gasteiger partial charge is 0.407 e. The number of carbonyl (C=O) groups excluding carboxylic acids is 2. The van der Waals surface area contributed by atoms with E-state index in [2.05, 4.69) is 0 Å². The minimum atomic E-state index is -4.55. The summed E-state index contributed by atoms with van der Waals surface area (Å²) >= 11 is 0. The van der Waals surface area contributed by atoms with Gasteiger partial charge in [-0.2, -0.15) is 13.2 Å². The minimum absolute atomic E-state index is 0.106. The van der Waals surface area contributed by atoms with Crippen molar-refractivity contribution in [3.05, 3.63) is 76.9 Å². The number of halogens is 3. The first-order valence-electron chi connectivity index (χ1n) is 12.0. The van der Waals surface area contributed by atoms with E-state index in [1.54, 1.807) is 23.1 Å². The molecule has 2 amide bonds. The van der Waals surface area contributed by atoms with Crippen LogP contribution in [0, 0.1) is 0 Å². The van der Waals surface area contributed by atoms with Gasteiger partial charge >= 0.3 is 6.18 Å². The fraction of sp³-hybridized carbons (Fsp3) is 0.407. The average molecular weight is 484 g/mol. The first kappa shape index (κ1) is 23.6. The fourth-order valence-electron chi connectivity index (χ4n) is 5.44. The van der Waals surface area contributed by atoms with Crippen LogP contribution in [0.4, 0.5) is 13.2 Å². The Hall–Kier alpha value is -3.13. The molecule has 35 heavy (non-hydrogen) atoms. The van der Waals surface area contributed by atoms with Crippen molar-refractivity contribution in [1.29, 1.82) is 0 Å². The first-order chi connectivity index (χ1) is 16.7. The first-order valence-corrected chi connectivity index (χ1v) is 12.0. The molecule has 0 N–H and O–H groups in total. The molecular weight excluding hydrogens is 455 g/mol. The molecule has 1 aliphatic carbocycles. The van der Waals surface area contributed by atoms with Crippen LogP contribution in [0.25, 0.3) is 6.08 Å². The Morgan fingerprint density at radius 1 is 1.11 bits per heavy atom. The predicted molar refractivity (Wildman–Crippen MR) is 126 cm³/mol. The van der Waals surface area contributed by atoms with Gasteiger partial charge in [0.2, 0.25) is 0 Å². The maximum Gasteiger partial charge on any atom is 0.407 e. The zero-order chi connectivity index (χ0) is 24.8. The summed E-state index contributed by atoms with van der Waals surface area (Å²) in [4.78, 5) is 28.5. The highest BCUT2D eigenvalue weighted by atomic mass is 19.4. The number of unbranched alkanes of at least 4 members (excludes halogenated alkanes) is 1. The second-order valence-electron chi connectivity index (χ2n) is 9.59. The fourth-order valence-corrected chi connectivity index (χ4v) is 5.44. The number of hydrazine groups is 1. The van der Waals surface area contributed by atoms with Crippen molar-refractivity contribution in [3.63, 3.8) is 0 Å². The van der Waals surface area contributed by atoms with E-state index in [-0.39, 0.29) is 25.0 Å². The molecule has 2 heterocycles. The monoisotopic (exact) mass is 483 g/mol. The van der Waals surface area contributed by atoms with Crippen LogP contribution in [0.15, 0.2) is 54.6 Å². The number of carbonyl (C=O) groups is 2. The van der Waals surface area contributed by atoms with Crippen molar-refractivity contribution in [1.82, 2.24) is 14.9 Å². The molecule has 0 saturated carbocycles. The third kappa shape index (κ3) is 4.14. The lowest BCUT2D eigenvalue weighted by molar-refractivity contribution is -0.210. The number of amides is 2. The highest BCUT2D eigenvalue weighted by Gasteiger charge is 2.51. The normalized spacial score (nSPS) is 21.7. The smallest absolute Gasteiger partial charge is 0.329 e. The van der Waals surface area contributed by atoms with E-state index < -0.39 is 24.0 Å². The van der Waals surface area contributed by atoms with E-state index in [9.17, 15) is 22.8 Å². The number of nitrogens with zero attached hydrogens (tertiary/aromatic N) is 3. The summed E-state index contributed by atoms with van der Waals surface area (Å²) in [6, 6.07) is 14.5. The third-order valence-corrected chi connectivity index (χ3v) is 7.33. The van der Waals surface area contributed by atoms with Crippen molar-refractivity contribution in [2.24, 2.45) is 0 Å². The molecule has 0 bridgehead atoms. The van der Waals surface area contributed by atoms with Gasteiger partial charge in [-0.15, -0.1) is 0 Å². The van der Waals surface area contributed by atoms with E-state index in [1.807, 2.05) is 49.4 Å². The Morgan fingerprint density at radius 2 is 1.83 bits per heavy atom. The zero-order valence-electron chi connectivity index (χ0n) is 19.6. The van der Waals surface area contributed by atoms with Gasteiger partial charge < -0.3 is 4.90 Å². The molecular formula is C27H28F3N3O2. The van der Waals surface area contributed by atoms with E-state index in [0.717, 1.165) is 28.1 Å². The SMILES string of the molecule is CCCCC1(C(=O)N(CC(F)(F)F)N2CC(N3Cc4ccccc4C3=O)C2)C=Cc2ccccc21. The lowest BCUT2D eigenvalue weighted by Gasteiger charge is -2.50. The summed E-state index contributed by atoms with van der Waals surface area (Å²) < 4.78 is 41.0. The summed E-state index contributed by atoms with van der Waals surface area (Å²) in [5.74, 6) is -0.662. The molecule has 2 aromatic carbocycles. The maximum atomic E-state index is 14.0. The summed E-state index contributed by atoms with van der Waals surface area (Å²) in [6.45, 7) is 1.47. The standard InChI is InChI=1S/C27H28F3N3O2/c1-2-3-13-26(14-12-19-8-5-7-11-23(19)26)25(35)33(18-27(28,29)30)31-16-21(17-31)32-15-20-9-4-6-10-22(20)24(32)34/h4-12,14,21H,2-3,13,15-18H2,1H3. The maximum absolute atomic E-state index is 14.0. The van der Waals surface area contributed by atoms with Crippen LogP contribution >= 0.6 is 0 Å². The van der Waals surface area contributed by atoms with Crippen LogP contribution in [0.1, 0.15) is 53.2 Å². The molecule has 3 aliphatic rings. The lowest BCUT2D eigenvalue weighted by atomic mass is 9.77. The van der Waals surface area contributed by atoms with Crippen LogP contribution in [0.2, 0.25) is 0 Å². The van der Waals surface area contributed by atoms with Gasteiger partial charge in [-0.3, -0.25) is 14.6 Å². The quantitative estimate of drug-likeness (QED) is 0.569. The van der Waals surface area contributed by atoms with Gasteiger partial charge in [0.05, 0.1) is 11.5 Å². The van der Waals surface area contributed by atoms with Crippen molar-refractivity contribution in [2.45, 2.75) is 50.4 Å². The van der Waals surface area contributed by atoms with Crippen LogP contribution in [0.5, 0.6) is 0 Å². The van der Waals surface area contributed by atoms with Crippen LogP contribution in [0.3, 0.4) is 0 Å². The molecule has 0 spiro atoms. The van der Waals surface area contributed by atoms with Gasteiger partial charge in [-0.05, 0) is 29.2 Å². The summed E-state index contributed by atoms with van der Waals surface area (Å²) in [7, 11) is 0. The van der Waals surface area contributed by atoms with Crippen molar-refractivity contribution in [2.75, 3.05) is 19.6 Å². The molecule has 2 aliphatic heterocycles. The van der Waals surface area contributed by atoms with E-state index in [1.165, 1.54) is 5.01 Å². The molecule has 2 aromatic rings. The molecule has 5 nitrogen and oxygen atoms in total. The van der Waals surface area contributed by atoms with Gasteiger partial charge in [-0.25, -0.2) is 5.01 Å². The highest BCUT2D eigenvalue weighted by Crippen LogP contribution is 2.43. The molecule has 1 unspecified atom stereocenters. The Balaban J connectivity index is 1.39. The molecule has 184 valence electrons. The van der Waals surface area contributed by atoms with Gasteiger partial charge in [0.1, 0.15) is 6.54 Å². The van der Waals surface area contributed by atoms with Crippen molar-refractivity contribution in [3.8, 4) is 0 Å². The Bertz CT molecular complexity index is 1170. The number of benzene rings is 2. The highest BCUT2D eigenvalue weighted by molar-refractivity contribution is 5.98. The number of hydrogen-bond donors (Lipinski definition) is 0. The second kappa shape index (κ2) is 8.82. The van der Waals surface area contributed by atoms with Gasteiger partial charge in [0, 0.05) is 25.2 Å². The van der Waals surface area contributed by atoms with E-state index >= 15 is 0 Å². The minimum Gasteiger partial charge on any atom is -0.329 e. The Morgan fingerprint density at radius 3 is 2.54 bits per heavy atom. The van der Waals surface area contributed by atoms with E-state index in [4.69, 9.17) is 0 Å². The average Bonchev–Trinajstić information content (AvgIpc) is 3.34. The van der Waals surface area contributed by atoms with Gasteiger partial charge in [-0.1, -0.05) is 74.4 Å². The second-order valence-corrected chi connectivity index (χ2v) is 9.59. The number of alkyl halides is 3. The molecule has 1 atom stereocenters. The van der Waals surface area contributed by atoms with Crippen LogP contribution in [-0.4, -0.2) is 58.6 Å². The Labute approximate surface area is 202 Å². The van der Waals surface area contributed by atoms with Gasteiger partial charge in [0.25, 0.3) is 11.8 Å². The van der Waals surface area contributed by atoms with Gasteiger partial charge in [0.15, 0.2) is 0 Å². The number of rotatable bonds is 7. The molecule has 1 saturated heterocycles. The topological polar surface area (TPSA) is 43.9 Å². The lowest BCUT2D eigenvalue weighted by Crippen LogP contribution is -2.68. The molecule has 0 radical (unpaired) electrons. The Kier molecular flexibility index (Phi) is 5.95. The van der Waals surface area contributed by atoms with Crippen molar-refractivity contribution >= 4 is 17.9 Å². The molecule has 5 rings (SSSR count). The number of hydrogen-bond acceptors (Lipinski definition) is 3. The summed E-state index contributed by atoms with van der Waals surface area (Å²) in [5.41, 5.74) is 2.06. The summed E-state index contributed by atoms with van der Waals surface area (Å²) in [5, 5.41) is 2.34. The molecule has 0 aromatic heterocycles. The van der Waals surface area contributed by atoms with Crippen molar-refractivity contribution < 1.29 is 22.8 Å². The van der Waals surface area contributed by atoms with Crippen LogP contribution < -0.4 is 0 Å². The summed E-state index contributed by atoms with van der Waals surface area (Å²) in [6.07, 6.45) is 1.06. The third-order valence-electron chi connectivity index (χ3n) is 7.33. The zero-order valence-corrected chi connectivity index (χ0v) is 19.6. The number of fused-ring (bicyclic) bond motifs is 2. The predicted octanol–water partition coefficient (Wildman–Crippen LogP) is 4.79. The molecule has 8 heteroatoms. The van der Waals surface area contributed by atoms with Crippen LogP contribution in [-0.2, 0) is 16.8 Å². The molecule has 1 fully saturated rings. The van der Waals surface area contributed by atoms with E-state index in [0.29, 0.717) is 24.9 Å².